The second-order valence-corrected chi connectivity index (χ2v) is 12.2. The van der Waals surface area contributed by atoms with Gasteiger partial charge in [0.05, 0.1) is 13.2 Å². The van der Waals surface area contributed by atoms with Crippen molar-refractivity contribution in [3.8, 4) is 0 Å². The van der Waals surface area contributed by atoms with Gasteiger partial charge in [-0.15, -0.1) is 0 Å². The number of carbonyl (C=O) groups is 3. The largest absolute Gasteiger partial charge is 0.490 e. The molecule has 1 saturated heterocycles. The van der Waals surface area contributed by atoms with Crippen LogP contribution in [0, 0.1) is 23.2 Å². The first-order valence-corrected chi connectivity index (χ1v) is 13.3. The SMILES string of the molecule is O=C(OCC1(C(=O)OCC(F)(F)F)COC2(OC1)C1CC3C[C@H]2CC(OC(=O)C(F)(F)S(=O)(=O)O)(C3)C1)C(F)(F)F. The van der Waals surface area contributed by atoms with E-state index in [1.165, 1.54) is 0 Å². The van der Waals surface area contributed by atoms with Gasteiger partial charge in [-0.1, -0.05) is 0 Å². The summed E-state index contributed by atoms with van der Waals surface area (Å²) in [5.74, 6) is -10.4. The number of ether oxygens (including phenoxy) is 5. The van der Waals surface area contributed by atoms with E-state index in [4.69, 9.17) is 18.8 Å². The van der Waals surface area contributed by atoms with Crippen LogP contribution in [0.4, 0.5) is 35.1 Å². The first kappa shape index (κ1) is 31.6. The summed E-state index contributed by atoms with van der Waals surface area (Å²) in [6.07, 6.45) is -10.3. The van der Waals surface area contributed by atoms with Gasteiger partial charge in [-0.3, -0.25) is 9.35 Å². The topological polar surface area (TPSA) is 152 Å². The molecule has 0 aromatic heterocycles. The third-order valence-corrected chi connectivity index (χ3v) is 8.62. The molecule has 0 radical (unpaired) electrons. The normalized spacial score (nSPS) is 35.3. The van der Waals surface area contributed by atoms with E-state index in [0.717, 1.165) is 0 Å². The molecule has 3 unspecified atom stereocenters. The zero-order chi connectivity index (χ0) is 30.9. The summed E-state index contributed by atoms with van der Waals surface area (Å²) in [5, 5.41) is -5.25. The molecule has 4 atom stereocenters. The Morgan fingerprint density at radius 1 is 0.854 bits per heavy atom. The highest BCUT2D eigenvalue weighted by atomic mass is 32.2. The number of halogens is 8. The van der Waals surface area contributed by atoms with Gasteiger partial charge in [0, 0.05) is 11.8 Å². The number of esters is 3. The van der Waals surface area contributed by atoms with E-state index in [2.05, 4.69) is 9.47 Å². The Morgan fingerprint density at radius 2 is 1.39 bits per heavy atom. The van der Waals surface area contributed by atoms with Crippen molar-refractivity contribution < 1.29 is 86.2 Å². The molecule has 1 spiro atoms. The highest BCUT2D eigenvalue weighted by molar-refractivity contribution is 7.87. The molecular weight excluding hydrogens is 612 g/mol. The molecular formula is C21H22F8O11S. The van der Waals surface area contributed by atoms with Gasteiger partial charge in [0.1, 0.15) is 17.6 Å². The first-order chi connectivity index (χ1) is 18.5. The Kier molecular flexibility index (Phi) is 7.61. The third-order valence-electron chi connectivity index (χ3n) is 7.80. The van der Waals surface area contributed by atoms with E-state index in [-0.39, 0.29) is 25.2 Å². The maximum Gasteiger partial charge on any atom is 0.490 e. The lowest BCUT2D eigenvalue weighted by Crippen LogP contribution is -2.70. The zero-order valence-corrected chi connectivity index (χ0v) is 21.4. The summed E-state index contributed by atoms with van der Waals surface area (Å²) in [5.41, 5.74) is -4.05. The van der Waals surface area contributed by atoms with Crippen molar-refractivity contribution in [2.75, 3.05) is 26.4 Å². The van der Waals surface area contributed by atoms with Crippen LogP contribution in [0.1, 0.15) is 32.1 Å². The van der Waals surface area contributed by atoms with E-state index in [9.17, 15) is 57.9 Å². The van der Waals surface area contributed by atoms with Crippen molar-refractivity contribution in [1.29, 1.82) is 0 Å². The van der Waals surface area contributed by atoms with Gasteiger partial charge >= 0.3 is 45.6 Å². The fraction of sp³-hybridized carbons (Fsp3) is 0.857. The van der Waals surface area contributed by atoms with Crippen molar-refractivity contribution >= 4 is 28.0 Å². The number of carbonyl (C=O) groups excluding carboxylic acids is 3. The van der Waals surface area contributed by atoms with Crippen LogP contribution < -0.4 is 0 Å². The lowest BCUT2D eigenvalue weighted by Gasteiger charge is -2.64. The van der Waals surface area contributed by atoms with Crippen LogP contribution in [-0.2, 0) is 48.2 Å². The molecule has 1 N–H and O–H groups in total. The molecule has 4 bridgehead atoms. The van der Waals surface area contributed by atoms with Crippen LogP contribution in [-0.4, -0.2) is 86.3 Å². The lowest BCUT2D eigenvalue weighted by molar-refractivity contribution is -0.392. The van der Waals surface area contributed by atoms with Gasteiger partial charge in [0.15, 0.2) is 12.4 Å². The Balaban J connectivity index is 1.52. The molecule has 5 rings (SSSR count). The average molecular weight is 634 g/mol. The summed E-state index contributed by atoms with van der Waals surface area (Å²) in [6.45, 7) is -5.36. The Labute approximate surface area is 225 Å². The van der Waals surface area contributed by atoms with Crippen molar-refractivity contribution in [3.63, 3.8) is 0 Å². The maximum atomic E-state index is 13.9. The monoisotopic (exact) mass is 634 g/mol. The van der Waals surface area contributed by atoms with Crippen LogP contribution in [0.25, 0.3) is 0 Å². The minimum absolute atomic E-state index is 0.0600. The van der Waals surface area contributed by atoms with Crippen molar-refractivity contribution in [2.24, 2.45) is 23.2 Å². The molecule has 1 heterocycles. The number of hydrogen-bond donors (Lipinski definition) is 1. The predicted molar refractivity (Wildman–Crippen MR) is 110 cm³/mol. The van der Waals surface area contributed by atoms with Gasteiger partial charge in [-0.25, -0.2) is 9.59 Å². The smallest absolute Gasteiger partial charge is 0.458 e. The minimum atomic E-state index is -6.15. The molecule has 234 valence electrons. The number of alkyl halides is 8. The van der Waals surface area contributed by atoms with E-state index in [1.807, 2.05) is 0 Å². The first-order valence-electron chi connectivity index (χ1n) is 11.9. The molecule has 5 fully saturated rings. The van der Waals surface area contributed by atoms with Crippen LogP contribution in [0.15, 0.2) is 0 Å². The molecule has 20 heteroatoms. The van der Waals surface area contributed by atoms with Crippen molar-refractivity contribution in [1.82, 2.24) is 0 Å². The van der Waals surface area contributed by atoms with E-state index >= 15 is 0 Å². The second kappa shape index (κ2) is 9.87. The fourth-order valence-corrected chi connectivity index (χ4v) is 6.50. The predicted octanol–water partition coefficient (Wildman–Crippen LogP) is 2.53. The molecule has 1 aliphatic heterocycles. The zero-order valence-electron chi connectivity index (χ0n) is 20.6. The maximum absolute atomic E-state index is 13.9. The van der Waals surface area contributed by atoms with Gasteiger partial charge in [-0.2, -0.15) is 43.5 Å². The lowest BCUT2D eigenvalue weighted by atomic mass is 9.51. The quantitative estimate of drug-likeness (QED) is 0.190. The number of hydrogen-bond acceptors (Lipinski definition) is 10. The van der Waals surface area contributed by atoms with Gasteiger partial charge in [0.2, 0.25) is 0 Å². The molecule has 0 amide bonds. The summed E-state index contributed by atoms with van der Waals surface area (Å²) in [4.78, 5) is 35.9. The van der Waals surface area contributed by atoms with Crippen molar-refractivity contribution in [3.05, 3.63) is 0 Å². The summed E-state index contributed by atoms with van der Waals surface area (Å²) < 4.78 is 159. The highest BCUT2D eigenvalue weighted by Crippen LogP contribution is 2.64. The average Bonchev–Trinajstić information content (AvgIpc) is 2.82. The standard InChI is InChI=1S/C21H22F8O11S/c22-18(23,24)9-37-13(30)16(6-36-14(31)20(25,26)27)7-38-19(39-8-16)11-1-10-2-12(19)5-17(3-10,4-11)40-15(32)21(28,29)41(33,34)35/h10-12H,1-9H2,(H,33,34,35)/t10?,11-,12?,16?,17?,19?/m0/s1. The van der Waals surface area contributed by atoms with Crippen LogP contribution in [0.5, 0.6) is 0 Å². The molecule has 41 heavy (non-hydrogen) atoms. The van der Waals surface area contributed by atoms with Crippen LogP contribution in [0.3, 0.4) is 0 Å². The Morgan fingerprint density at radius 3 is 1.85 bits per heavy atom. The fourth-order valence-electron chi connectivity index (χ4n) is 6.24. The summed E-state index contributed by atoms with van der Waals surface area (Å²) >= 11 is 0. The van der Waals surface area contributed by atoms with E-state index < -0.39 is 101 Å². The van der Waals surface area contributed by atoms with Gasteiger partial charge < -0.3 is 23.7 Å². The van der Waals surface area contributed by atoms with Crippen molar-refractivity contribution in [2.45, 2.75) is 61.1 Å². The van der Waals surface area contributed by atoms with Gasteiger partial charge in [0.25, 0.3) is 0 Å². The van der Waals surface area contributed by atoms with E-state index in [0.29, 0.717) is 12.8 Å². The Bertz CT molecular complexity index is 1170. The Hall–Kier alpha value is -2.32. The van der Waals surface area contributed by atoms with Crippen LogP contribution >= 0.6 is 0 Å². The second-order valence-electron chi connectivity index (χ2n) is 10.8. The molecule has 4 saturated carbocycles. The molecule has 5 aliphatic rings. The van der Waals surface area contributed by atoms with Gasteiger partial charge in [-0.05, 0) is 38.0 Å². The summed E-state index contributed by atoms with van der Waals surface area (Å²) in [6, 6.07) is 0. The molecule has 0 aromatic carbocycles. The molecule has 0 aromatic rings. The van der Waals surface area contributed by atoms with Crippen LogP contribution in [0.2, 0.25) is 0 Å². The minimum Gasteiger partial charge on any atom is -0.458 e. The summed E-state index contributed by atoms with van der Waals surface area (Å²) in [7, 11) is -6.15. The third kappa shape index (κ3) is 5.83. The molecule has 11 nitrogen and oxygen atoms in total. The van der Waals surface area contributed by atoms with E-state index in [1.54, 1.807) is 0 Å². The highest BCUT2D eigenvalue weighted by Gasteiger charge is 2.69. The number of rotatable bonds is 7. The molecule has 4 aliphatic carbocycles.